The van der Waals surface area contributed by atoms with Crippen LogP contribution in [-0.2, 0) is 4.79 Å². The molecule has 1 aromatic rings. The van der Waals surface area contributed by atoms with Crippen molar-refractivity contribution in [1.82, 2.24) is 4.90 Å². The molecule has 4 heteroatoms. The highest BCUT2D eigenvalue weighted by Gasteiger charge is 2.24. The molecule has 1 rings (SSSR count). The van der Waals surface area contributed by atoms with Gasteiger partial charge in [0.15, 0.2) is 5.78 Å². The van der Waals surface area contributed by atoms with Crippen LogP contribution in [-0.4, -0.2) is 29.8 Å². The lowest BCUT2D eigenvalue weighted by Gasteiger charge is -2.27. The Morgan fingerprint density at radius 1 is 1.21 bits per heavy atom. The van der Waals surface area contributed by atoms with E-state index in [9.17, 15) is 9.59 Å². The molecule has 0 aliphatic carbocycles. The average molecular weight is 262 g/mol. The van der Waals surface area contributed by atoms with Crippen LogP contribution in [0.3, 0.4) is 0 Å². The lowest BCUT2D eigenvalue weighted by molar-refractivity contribution is -0.121. The third-order valence-electron chi connectivity index (χ3n) is 2.98. The van der Waals surface area contributed by atoms with Gasteiger partial charge in [-0.2, -0.15) is 0 Å². The number of nitrogens with one attached hydrogen (secondary N) is 1. The van der Waals surface area contributed by atoms with Crippen molar-refractivity contribution in [3.8, 4) is 0 Å². The van der Waals surface area contributed by atoms with Crippen molar-refractivity contribution in [2.45, 2.75) is 33.2 Å². The normalized spacial score (nSPS) is 12.1. The zero-order chi connectivity index (χ0) is 14.4. The van der Waals surface area contributed by atoms with Crippen molar-refractivity contribution in [3.63, 3.8) is 0 Å². The average Bonchev–Trinajstić information content (AvgIpc) is 2.35. The molecule has 1 atom stereocenters. The van der Waals surface area contributed by atoms with Gasteiger partial charge in [0.2, 0.25) is 0 Å². The zero-order valence-corrected chi connectivity index (χ0v) is 12.0. The number of amides is 2. The van der Waals surface area contributed by atoms with Crippen LogP contribution in [0.25, 0.3) is 0 Å². The molecule has 1 unspecified atom stereocenters. The highest BCUT2D eigenvalue weighted by molar-refractivity contribution is 5.93. The molecular formula is C15H22N2O2. The summed E-state index contributed by atoms with van der Waals surface area (Å²) < 4.78 is 0. The number of urea groups is 1. The largest absolute Gasteiger partial charge is 0.322 e. The molecule has 0 aliphatic heterocycles. The molecule has 4 nitrogen and oxygen atoms in total. The van der Waals surface area contributed by atoms with Crippen LogP contribution < -0.4 is 5.32 Å². The van der Waals surface area contributed by atoms with E-state index in [-0.39, 0.29) is 17.9 Å². The van der Waals surface area contributed by atoms with Crippen LogP contribution in [0.15, 0.2) is 30.3 Å². The van der Waals surface area contributed by atoms with Gasteiger partial charge in [-0.1, -0.05) is 32.0 Å². The summed E-state index contributed by atoms with van der Waals surface area (Å²) in [5, 5.41) is 2.79. The highest BCUT2D eigenvalue weighted by atomic mass is 16.2. The fourth-order valence-electron chi connectivity index (χ4n) is 1.92. The smallest absolute Gasteiger partial charge is 0.318 e. The Balaban J connectivity index is 2.71. The van der Waals surface area contributed by atoms with E-state index in [0.29, 0.717) is 12.3 Å². The third-order valence-corrected chi connectivity index (χ3v) is 2.98. The van der Waals surface area contributed by atoms with Crippen LogP contribution in [0.1, 0.15) is 27.2 Å². The van der Waals surface area contributed by atoms with Gasteiger partial charge in [-0.3, -0.25) is 4.79 Å². The summed E-state index contributed by atoms with van der Waals surface area (Å²) in [6, 6.07) is 8.60. The van der Waals surface area contributed by atoms with E-state index in [1.807, 2.05) is 44.2 Å². The van der Waals surface area contributed by atoms with E-state index in [4.69, 9.17) is 0 Å². The molecule has 0 aliphatic rings. The Morgan fingerprint density at radius 3 is 2.26 bits per heavy atom. The van der Waals surface area contributed by atoms with E-state index in [1.165, 1.54) is 11.8 Å². The summed E-state index contributed by atoms with van der Waals surface area (Å²) in [5.41, 5.74) is 0.728. The monoisotopic (exact) mass is 262 g/mol. The molecule has 0 heterocycles. The molecule has 19 heavy (non-hydrogen) atoms. The van der Waals surface area contributed by atoms with Crippen molar-refractivity contribution in [2.24, 2.45) is 5.92 Å². The molecule has 104 valence electrons. The number of likely N-dealkylation sites (N-methyl/N-ethyl adjacent to an activating group) is 1. The van der Waals surface area contributed by atoms with E-state index < -0.39 is 0 Å². The lowest BCUT2D eigenvalue weighted by Crippen LogP contribution is -2.44. The third kappa shape index (κ3) is 4.73. The van der Waals surface area contributed by atoms with E-state index >= 15 is 0 Å². The summed E-state index contributed by atoms with van der Waals surface area (Å²) in [6.07, 6.45) is 0.675. The van der Waals surface area contributed by atoms with Crippen molar-refractivity contribution in [1.29, 1.82) is 0 Å². The molecule has 0 radical (unpaired) electrons. The Labute approximate surface area is 114 Å². The van der Waals surface area contributed by atoms with Crippen molar-refractivity contribution in [3.05, 3.63) is 30.3 Å². The van der Waals surface area contributed by atoms with Gasteiger partial charge in [-0.25, -0.2) is 4.79 Å². The van der Waals surface area contributed by atoms with Crippen LogP contribution in [0.4, 0.5) is 10.5 Å². The van der Waals surface area contributed by atoms with Crippen LogP contribution >= 0.6 is 0 Å². The minimum atomic E-state index is -0.372. The maximum atomic E-state index is 12.1. The second-order valence-corrected chi connectivity index (χ2v) is 5.16. The topological polar surface area (TPSA) is 49.4 Å². The first kappa shape index (κ1) is 15.2. The Morgan fingerprint density at radius 2 is 1.79 bits per heavy atom. The number of para-hydroxylation sites is 1. The second-order valence-electron chi connectivity index (χ2n) is 5.16. The number of benzene rings is 1. The van der Waals surface area contributed by atoms with E-state index in [0.717, 1.165) is 5.69 Å². The van der Waals surface area contributed by atoms with Gasteiger partial charge in [0, 0.05) is 12.7 Å². The first-order chi connectivity index (χ1) is 8.91. The number of carbonyl (C=O) groups excluding carboxylic acids is 2. The molecule has 0 spiro atoms. The predicted octanol–water partition coefficient (Wildman–Crippen LogP) is 3.15. The fraction of sp³-hybridized carbons (Fsp3) is 0.467. The number of anilines is 1. The minimum absolute atomic E-state index is 0.0133. The van der Waals surface area contributed by atoms with Crippen LogP contribution in [0, 0.1) is 5.92 Å². The second kappa shape index (κ2) is 6.92. The summed E-state index contributed by atoms with van der Waals surface area (Å²) in [7, 11) is 1.66. The number of nitrogens with zero attached hydrogens (tertiary/aromatic N) is 1. The summed E-state index contributed by atoms with van der Waals surface area (Å²) in [6.45, 7) is 5.61. The van der Waals surface area contributed by atoms with Crippen molar-refractivity contribution >= 4 is 17.5 Å². The number of carbonyl (C=O) groups is 2. The zero-order valence-electron chi connectivity index (χ0n) is 12.0. The molecule has 0 saturated carbocycles. The van der Waals surface area contributed by atoms with Crippen molar-refractivity contribution in [2.75, 3.05) is 12.4 Å². The number of ketones is 1. The molecule has 0 saturated heterocycles. The van der Waals surface area contributed by atoms with Gasteiger partial charge < -0.3 is 10.2 Å². The summed E-state index contributed by atoms with van der Waals surface area (Å²) in [4.78, 5) is 25.2. The summed E-state index contributed by atoms with van der Waals surface area (Å²) >= 11 is 0. The molecular weight excluding hydrogens is 240 g/mol. The summed E-state index contributed by atoms with van der Waals surface area (Å²) in [5.74, 6) is 0.375. The first-order valence-electron chi connectivity index (χ1n) is 6.51. The first-order valence-corrected chi connectivity index (χ1v) is 6.51. The van der Waals surface area contributed by atoms with Gasteiger partial charge in [-0.15, -0.1) is 0 Å². The molecule has 2 amide bonds. The molecule has 0 bridgehead atoms. The van der Waals surface area contributed by atoms with Gasteiger partial charge in [-0.05, 0) is 31.4 Å². The number of hydrogen-bond donors (Lipinski definition) is 1. The molecule has 1 aromatic carbocycles. The van der Waals surface area contributed by atoms with Crippen LogP contribution in [0.5, 0.6) is 0 Å². The lowest BCUT2D eigenvalue weighted by atomic mass is 10.00. The number of Topliss-reactive ketones (excluding diaryl/α,β-unsaturated/α-hetero) is 1. The van der Waals surface area contributed by atoms with Crippen molar-refractivity contribution < 1.29 is 9.59 Å². The predicted molar refractivity (Wildman–Crippen MR) is 77.1 cm³/mol. The number of rotatable bonds is 5. The quantitative estimate of drug-likeness (QED) is 0.886. The minimum Gasteiger partial charge on any atom is -0.318 e. The van der Waals surface area contributed by atoms with Gasteiger partial charge in [0.1, 0.15) is 0 Å². The number of hydrogen-bond acceptors (Lipinski definition) is 2. The Kier molecular flexibility index (Phi) is 5.55. The highest BCUT2D eigenvalue weighted by Crippen LogP contribution is 2.13. The Bertz CT molecular complexity index is 429. The maximum absolute atomic E-state index is 12.1. The van der Waals surface area contributed by atoms with Gasteiger partial charge >= 0.3 is 6.03 Å². The standard InChI is InChI=1S/C15H22N2O2/c1-11(2)10-14(12(3)18)17(4)15(19)16-13-8-6-5-7-9-13/h5-9,11,14H,10H2,1-4H3,(H,16,19). The van der Waals surface area contributed by atoms with E-state index in [2.05, 4.69) is 5.32 Å². The fourth-order valence-corrected chi connectivity index (χ4v) is 1.92. The van der Waals surface area contributed by atoms with Gasteiger partial charge in [0.05, 0.1) is 6.04 Å². The molecule has 1 N–H and O–H groups in total. The maximum Gasteiger partial charge on any atom is 0.322 e. The SMILES string of the molecule is CC(=O)C(CC(C)C)N(C)C(=O)Nc1ccccc1. The van der Waals surface area contributed by atoms with E-state index in [1.54, 1.807) is 7.05 Å². The Hall–Kier alpha value is -1.84. The van der Waals surface area contributed by atoms with Crippen LogP contribution in [0.2, 0.25) is 0 Å². The molecule has 0 aromatic heterocycles. The molecule has 0 fully saturated rings. The van der Waals surface area contributed by atoms with Gasteiger partial charge in [0.25, 0.3) is 0 Å².